The van der Waals surface area contributed by atoms with E-state index in [1.165, 1.54) is 18.6 Å². The average molecular weight is 467 g/mol. The Hall–Kier alpha value is -4.26. The third-order valence-electron chi connectivity index (χ3n) is 6.13. The number of benzene rings is 3. The zero-order chi connectivity index (χ0) is 24.2. The molecule has 0 saturated carbocycles. The Labute approximate surface area is 204 Å². The minimum Gasteiger partial charge on any atom is -0.453 e. The third-order valence-corrected chi connectivity index (χ3v) is 6.13. The SMILES string of the molecule is Cc1ccc(-c2nc(N3CCCCC3)nc(-c3ccccc3)c2Oc2ccc([N+](=O)[O-])cc2)cc1. The number of aromatic nitrogens is 2. The van der Waals surface area contributed by atoms with Crippen LogP contribution in [0, 0.1) is 17.0 Å². The van der Waals surface area contributed by atoms with Crippen LogP contribution >= 0.6 is 0 Å². The number of nitro benzene ring substituents is 1. The molecule has 0 amide bonds. The Morgan fingerprint density at radius 1 is 0.800 bits per heavy atom. The molecule has 176 valence electrons. The van der Waals surface area contributed by atoms with Crippen LogP contribution in [-0.4, -0.2) is 28.0 Å². The molecule has 0 radical (unpaired) electrons. The third kappa shape index (κ3) is 4.99. The van der Waals surface area contributed by atoms with Crippen LogP contribution in [0.3, 0.4) is 0 Å². The predicted molar refractivity (Wildman–Crippen MR) is 137 cm³/mol. The van der Waals surface area contributed by atoms with Crippen molar-refractivity contribution >= 4 is 11.6 Å². The van der Waals surface area contributed by atoms with Crippen LogP contribution in [0.25, 0.3) is 22.5 Å². The van der Waals surface area contributed by atoms with Gasteiger partial charge in [0.15, 0.2) is 5.75 Å². The van der Waals surface area contributed by atoms with Crippen molar-refractivity contribution in [1.82, 2.24) is 9.97 Å². The molecular weight excluding hydrogens is 440 g/mol. The summed E-state index contributed by atoms with van der Waals surface area (Å²) in [5, 5.41) is 11.1. The van der Waals surface area contributed by atoms with Crippen molar-refractivity contribution in [1.29, 1.82) is 0 Å². The number of ether oxygens (including phenoxy) is 1. The first-order chi connectivity index (χ1) is 17.1. The highest BCUT2D eigenvalue weighted by atomic mass is 16.6. The molecule has 0 N–H and O–H groups in total. The van der Waals surface area contributed by atoms with Gasteiger partial charge in [-0.2, -0.15) is 0 Å². The van der Waals surface area contributed by atoms with Gasteiger partial charge in [-0.05, 0) is 38.3 Å². The lowest BCUT2D eigenvalue weighted by Crippen LogP contribution is -2.31. The summed E-state index contributed by atoms with van der Waals surface area (Å²) in [4.78, 5) is 22.9. The van der Waals surface area contributed by atoms with Crippen LogP contribution < -0.4 is 9.64 Å². The lowest BCUT2D eigenvalue weighted by molar-refractivity contribution is -0.384. The van der Waals surface area contributed by atoms with Crippen molar-refractivity contribution in [3.05, 3.63) is 94.5 Å². The second kappa shape index (κ2) is 9.93. The highest BCUT2D eigenvalue weighted by molar-refractivity contribution is 5.79. The lowest BCUT2D eigenvalue weighted by atomic mass is 10.0. The second-order valence-electron chi connectivity index (χ2n) is 8.68. The van der Waals surface area contributed by atoms with Crippen LogP contribution in [-0.2, 0) is 0 Å². The van der Waals surface area contributed by atoms with Crippen molar-refractivity contribution < 1.29 is 9.66 Å². The second-order valence-corrected chi connectivity index (χ2v) is 8.68. The Bertz CT molecular complexity index is 1320. The van der Waals surface area contributed by atoms with Crippen LogP contribution in [0.1, 0.15) is 24.8 Å². The first-order valence-corrected chi connectivity index (χ1v) is 11.8. The van der Waals surface area contributed by atoms with Crippen LogP contribution in [0.2, 0.25) is 0 Å². The van der Waals surface area contributed by atoms with Gasteiger partial charge < -0.3 is 9.64 Å². The van der Waals surface area contributed by atoms with E-state index in [0.717, 1.165) is 42.6 Å². The van der Waals surface area contributed by atoms with E-state index in [-0.39, 0.29) is 5.69 Å². The maximum atomic E-state index is 11.1. The van der Waals surface area contributed by atoms with Gasteiger partial charge in [-0.25, -0.2) is 9.97 Å². The number of hydrogen-bond donors (Lipinski definition) is 0. The molecule has 35 heavy (non-hydrogen) atoms. The summed E-state index contributed by atoms with van der Waals surface area (Å²) in [6.45, 7) is 3.89. The molecule has 2 heterocycles. The number of nitro groups is 1. The van der Waals surface area contributed by atoms with Gasteiger partial charge in [0.2, 0.25) is 5.95 Å². The molecule has 4 aromatic rings. The lowest BCUT2D eigenvalue weighted by Gasteiger charge is -2.28. The maximum Gasteiger partial charge on any atom is 0.269 e. The minimum atomic E-state index is -0.423. The molecule has 0 aliphatic carbocycles. The average Bonchev–Trinajstić information content (AvgIpc) is 2.90. The van der Waals surface area contributed by atoms with Gasteiger partial charge in [-0.3, -0.25) is 10.1 Å². The summed E-state index contributed by atoms with van der Waals surface area (Å²) < 4.78 is 6.39. The number of aryl methyl sites for hydroxylation is 1. The standard InChI is InChI=1S/C28H26N4O3/c1-20-10-12-22(13-11-20)26-27(35-24-16-14-23(15-17-24)32(33)34)25(21-8-4-2-5-9-21)29-28(30-26)31-18-6-3-7-19-31/h2,4-5,8-17H,3,6-7,18-19H2,1H3. The zero-order valence-corrected chi connectivity index (χ0v) is 19.6. The fourth-order valence-electron chi connectivity index (χ4n) is 4.22. The van der Waals surface area contributed by atoms with Gasteiger partial charge in [-0.1, -0.05) is 60.2 Å². The number of non-ortho nitro benzene ring substituents is 1. The van der Waals surface area contributed by atoms with E-state index in [9.17, 15) is 10.1 Å². The maximum absolute atomic E-state index is 11.1. The van der Waals surface area contributed by atoms with Crippen LogP contribution in [0.15, 0.2) is 78.9 Å². The molecular formula is C28H26N4O3. The zero-order valence-electron chi connectivity index (χ0n) is 19.6. The smallest absolute Gasteiger partial charge is 0.269 e. The van der Waals surface area contributed by atoms with E-state index in [1.54, 1.807) is 12.1 Å². The number of anilines is 1. The first kappa shape index (κ1) is 22.5. The fraction of sp³-hybridized carbons (Fsp3) is 0.214. The molecule has 1 saturated heterocycles. The summed E-state index contributed by atoms with van der Waals surface area (Å²) in [5.41, 5.74) is 4.38. The van der Waals surface area contributed by atoms with Crippen molar-refractivity contribution in [2.24, 2.45) is 0 Å². The number of hydrogen-bond acceptors (Lipinski definition) is 6. The van der Waals surface area contributed by atoms with Crippen molar-refractivity contribution in [2.45, 2.75) is 26.2 Å². The molecule has 3 aromatic carbocycles. The molecule has 7 nitrogen and oxygen atoms in total. The van der Waals surface area contributed by atoms with E-state index in [4.69, 9.17) is 14.7 Å². The Balaban J connectivity index is 1.69. The molecule has 1 aromatic heterocycles. The minimum absolute atomic E-state index is 0.0103. The first-order valence-electron chi connectivity index (χ1n) is 11.8. The molecule has 1 aliphatic rings. The number of piperidine rings is 1. The number of rotatable bonds is 6. The van der Waals surface area contributed by atoms with E-state index in [0.29, 0.717) is 28.8 Å². The summed E-state index contributed by atoms with van der Waals surface area (Å²) in [6, 6.07) is 24.2. The topological polar surface area (TPSA) is 81.4 Å². The Morgan fingerprint density at radius 2 is 1.40 bits per heavy atom. The quantitative estimate of drug-likeness (QED) is 0.229. The van der Waals surface area contributed by atoms with Gasteiger partial charge in [0.25, 0.3) is 5.69 Å². The summed E-state index contributed by atoms with van der Waals surface area (Å²) in [5.74, 6) is 1.69. The fourth-order valence-corrected chi connectivity index (χ4v) is 4.22. The molecule has 0 atom stereocenters. The van der Waals surface area contributed by atoms with Gasteiger partial charge in [-0.15, -0.1) is 0 Å². The largest absolute Gasteiger partial charge is 0.453 e. The van der Waals surface area contributed by atoms with Gasteiger partial charge in [0, 0.05) is 36.3 Å². The van der Waals surface area contributed by atoms with Crippen LogP contribution in [0.5, 0.6) is 11.5 Å². The van der Waals surface area contributed by atoms with E-state index in [1.807, 2.05) is 49.4 Å². The van der Waals surface area contributed by atoms with Crippen molar-refractivity contribution in [3.8, 4) is 34.0 Å². The summed E-state index contributed by atoms with van der Waals surface area (Å²) in [7, 11) is 0. The van der Waals surface area contributed by atoms with Crippen molar-refractivity contribution in [2.75, 3.05) is 18.0 Å². The summed E-state index contributed by atoms with van der Waals surface area (Å²) in [6.07, 6.45) is 3.45. The highest BCUT2D eigenvalue weighted by Gasteiger charge is 2.23. The van der Waals surface area contributed by atoms with E-state index < -0.39 is 4.92 Å². The van der Waals surface area contributed by atoms with E-state index >= 15 is 0 Å². The molecule has 1 fully saturated rings. The van der Waals surface area contributed by atoms with Crippen molar-refractivity contribution in [3.63, 3.8) is 0 Å². The monoisotopic (exact) mass is 466 g/mol. The number of nitrogens with zero attached hydrogens (tertiary/aromatic N) is 4. The van der Waals surface area contributed by atoms with Gasteiger partial charge in [0.05, 0.1) is 4.92 Å². The Kier molecular flexibility index (Phi) is 6.39. The van der Waals surface area contributed by atoms with Crippen LogP contribution in [0.4, 0.5) is 11.6 Å². The Morgan fingerprint density at radius 3 is 2.00 bits per heavy atom. The highest BCUT2D eigenvalue weighted by Crippen LogP contribution is 2.41. The summed E-state index contributed by atoms with van der Waals surface area (Å²) >= 11 is 0. The molecule has 0 unspecified atom stereocenters. The molecule has 5 rings (SSSR count). The normalized spacial score (nSPS) is 13.5. The molecule has 7 heteroatoms. The van der Waals surface area contributed by atoms with Gasteiger partial charge in [0.1, 0.15) is 17.1 Å². The predicted octanol–water partition coefficient (Wildman–Crippen LogP) is 6.81. The molecule has 0 bridgehead atoms. The molecule has 1 aliphatic heterocycles. The van der Waals surface area contributed by atoms with Gasteiger partial charge >= 0.3 is 0 Å². The van der Waals surface area contributed by atoms with E-state index in [2.05, 4.69) is 17.0 Å². The molecule has 0 spiro atoms.